The average molecular weight is 420 g/mol. The molecule has 0 saturated carbocycles. The summed E-state index contributed by atoms with van der Waals surface area (Å²) in [6, 6.07) is 9.30. The van der Waals surface area contributed by atoms with Gasteiger partial charge in [0.2, 0.25) is 5.60 Å². The van der Waals surface area contributed by atoms with E-state index in [2.05, 4.69) is 20.3 Å². The van der Waals surface area contributed by atoms with Crippen molar-refractivity contribution in [2.75, 3.05) is 11.9 Å². The van der Waals surface area contributed by atoms with Gasteiger partial charge < -0.3 is 15.8 Å². The fourth-order valence-corrected chi connectivity index (χ4v) is 2.32. The van der Waals surface area contributed by atoms with Gasteiger partial charge in [-0.1, -0.05) is 6.07 Å². The van der Waals surface area contributed by atoms with Crippen molar-refractivity contribution in [2.24, 2.45) is 10.7 Å². The number of amidine groups is 1. The van der Waals surface area contributed by atoms with E-state index in [0.717, 1.165) is 6.92 Å². The summed E-state index contributed by atoms with van der Waals surface area (Å²) in [5, 5.41) is 11.3. The minimum Gasteiger partial charge on any atom is -0.385 e. The number of halogens is 3. The Morgan fingerprint density at radius 2 is 2.07 bits per heavy atom. The van der Waals surface area contributed by atoms with Crippen LogP contribution in [0.25, 0.3) is 0 Å². The number of nitrogens with zero attached hydrogens (tertiary/aromatic N) is 4. The van der Waals surface area contributed by atoms with Gasteiger partial charge in [0.15, 0.2) is 0 Å². The predicted octanol–water partition coefficient (Wildman–Crippen LogP) is 2.82. The maximum Gasteiger partial charge on any atom is 0.424 e. The molecule has 8 nitrogen and oxygen atoms in total. The van der Waals surface area contributed by atoms with E-state index in [1.807, 2.05) is 6.07 Å². The Labute approximate surface area is 170 Å². The molecule has 0 fully saturated rings. The molecule has 0 aliphatic rings. The van der Waals surface area contributed by atoms with Gasteiger partial charge in [0.05, 0.1) is 17.8 Å². The number of ether oxygens (including phenoxy) is 1. The molecule has 0 spiro atoms. The molecule has 0 aliphatic carbocycles. The van der Waals surface area contributed by atoms with Gasteiger partial charge in [-0.2, -0.15) is 18.4 Å². The van der Waals surface area contributed by atoms with E-state index >= 15 is 0 Å². The molecule has 158 valence electrons. The number of rotatable bonds is 7. The normalized spacial score (nSPS) is 13.9. The molecule has 30 heavy (non-hydrogen) atoms. The highest BCUT2D eigenvalue weighted by atomic mass is 19.4. The molecule has 2 aromatic heterocycles. The van der Waals surface area contributed by atoms with Crippen molar-refractivity contribution in [2.45, 2.75) is 32.2 Å². The molecule has 2 aromatic rings. The van der Waals surface area contributed by atoms with Gasteiger partial charge in [0, 0.05) is 12.8 Å². The van der Waals surface area contributed by atoms with Crippen LogP contribution in [0, 0.1) is 11.3 Å². The average Bonchev–Trinajstić information content (AvgIpc) is 2.71. The number of nitrogens with one attached hydrogen (secondary N) is 1. The summed E-state index contributed by atoms with van der Waals surface area (Å²) in [6.45, 7) is 1.79. The molecule has 1 amide bonds. The second kappa shape index (κ2) is 9.32. The van der Waals surface area contributed by atoms with Crippen molar-refractivity contribution < 1.29 is 22.7 Å². The highest BCUT2D eigenvalue weighted by Gasteiger charge is 2.55. The molecule has 0 bridgehead atoms. The predicted molar refractivity (Wildman–Crippen MR) is 103 cm³/mol. The van der Waals surface area contributed by atoms with Crippen LogP contribution in [0.1, 0.15) is 35.6 Å². The quantitative estimate of drug-likeness (QED) is 0.524. The second-order valence-electron chi connectivity index (χ2n) is 6.18. The number of amides is 1. The lowest BCUT2D eigenvalue weighted by Gasteiger charge is -2.31. The van der Waals surface area contributed by atoms with Crippen molar-refractivity contribution >= 4 is 17.6 Å². The van der Waals surface area contributed by atoms with Crippen LogP contribution in [0.2, 0.25) is 0 Å². The lowest BCUT2D eigenvalue weighted by molar-refractivity contribution is -0.240. The zero-order valence-electron chi connectivity index (χ0n) is 16.2. The van der Waals surface area contributed by atoms with Crippen molar-refractivity contribution in [3.8, 4) is 6.07 Å². The molecule has 3 N–H and O–H groups in total. The number of carbonyl (C=O) groups excluding carboxylic acids is 1. The van der Waals surface area contributed by atoms with Crippen molar-refractivity contribution in [1.29, 1.82) is 5.26 Å². The molecule has 2 heterocycles. The van der Waals surface area contributed by atoms with E-state index in [-0.39, 0.29) is 30.4 Å². The van der Waals surface area contributed by atoms with Gasteiger partial charge in [0.1, 0.15) is 23.4 Å². The van der Waals surface area contributed by atoms with Gasteiger partial charge in [-0.25, -0.2) is 9.97 Å². The molecular formula is C19H19F3N6O2. The van der Waals surface area contributed by atoms with E-state index in [1.165, 1.54) is 37.4 Å². The van der Waals surface area contributed by atoms with Crippen molar-refractivity contribution in [3.05, 3.63) is 53.5 Å². The Bertz CT molecular complexity index is 969. The minimum absolute atomic E-state index is 0.0705. The first-order chi connectivity index (χ1) is 14.1. The summed E-state index contributed by atoms with van der Waals surface area (Å²) >= 11 is 0. The number of pyridine rings is 2. The lowest BCUT2D eigenvalue weighted by atomic mass is 10.1. The topological polar surface area (TPSA) is 126 Å². The monoisotopic (exact) mass is 420 g/mol. The zero-order chi connectivity index (χ0) is 22.4. The third-order valence-corrected chi connectivity index (χ3v) is 4.05. The Kier molecular flexibility index (Phi) is 7.07. The zero-order valence-corrected chi connectivity index (χ0v) is 16.2. The number of hydrogen-bond donors (Lipinski definition) is 2. The number of nitriles is 1. The van der Waals surface area contributed by atoms with Crippen LogP contribution in [-0.2, 0) is 11.3 Å². The summed E-state index contributed by atoms with van der Waals surface area (Å²) in [5.74, 6) is -1.14. The molecule has 2 rings (SSSR count). The highest BCUT2D eigenvalue weighted by molar-refractivity contribution is 6.02. The Hall–Kier alpha value is -3.52. The fourth-order valence-electron chi connectivity index (χ4n) is 2.32. The van der Waals surface area contributed by atoms with Crippen LogP contribution in [0.3, 0.4) is 0 Å². The molecular weight excluding hydrogens is 401 g/mol. The number of aromatic nitrogens is 2. The Morgan fingerprint density at radius 3 is 2.63 bits per heavy atom. The smallest absolute Gasteiger partial charge is 0.385 e. The van der Waals surface area contributed by atoms with Gasteiger partial charge >= 0.3 is 6.18 Å². The maximum absolute atomic E-state index is 13.3. The van der Waals surface area contributed by atoms with E-state index < -0.39 is 23.5 Å². The number of anilines is 1. The number of nitrogens with two attached hydrogens (primary N) is 1. The second-order valence-corrected chi connectivity index (χ2v) is 6.18. The van der Waals surface area contributed by atoms with Crippen LogP contribution in [0.4, 0.5) is 19.0 Å². The van der Waals surface area contributed by atoms with Gasteiger partial charge in [0.25, 0.3) is 5.91 Å². The summed E-state index contributed by atoms with van der Waals surface area (Å²) in [6.07, 6.45) is -3.49. The molecule has 0 unspecified atom stereocenters. The summed E-state index contributed by atoms with van der Waals surface area (Å²) in [4.78, 5) is 24.0. The van der Waals surface area contributed by atoms with Crippen LogP contribution in [0.5, 0.6) is 0 Å². The number of aliphatic imine (C=N–C) groups is 1. The van der Waals surface area contributed by atoms with E-state index in [0.29, 0.717) is 5.56 Å². The van der Waals surface area contributed by atoms with E-state index in [4.69, 9.17) is 15.7 Å². The molecule has 0 radical (unpaired) electrons. The van der Waals surface area contributed by atoms with Crippen LogP contribution in [-0.4, -0.2) is 40.1 Å². The SMILES string of the molecule is CCO[C@](C)(/C(N)=N\Cc1cccc(NC(=O)c2ccc(C#N)cn2)n1)C(F)(F)F. The number of hydrogen-bond acceptors (Lipinski definition) is 6. The first-order valence-corrected chi connectivity index (χ1v) is 8.75. The molecule has 0 aliphatic heterocycles. The first kappa shape index (κ1) is 22.8. The summed E-state index contributed by atoms with van der Waals surface area (Å²) in [5.41, 5.74) is 3.51. The summed E-state index contributed by atoms with van der Waals surface area (Å²) in [7, 11) is 0. The molecule has 1 atom stereocenters. The molecule has 11 heteroatoms. The molecule has 0 saturated heterocycles. The van der Waals surface area contributed by atoms with Crippen molar-refractivity contribution in [3.63, 3.8) is 0 Å². The van der Waals surface area contributed by atoms with Gasteiger partial charge in [-0.15, -0.1) is 0 Å². The van der Waals surface area contributed by atoms with Crippen molar-refractivity contribution in [1.82, 2.24) is 9.97 Å². The fraction of sp³-hybridized carbons (Fsp3) is 0.316. The lowest BCUT2D eigenvalue weighted by Crippen LogP contribution is -2.55. The Balaban J connectivity index is 2.14. The van der Waals surface area contributed by atoms with Crippen LogP contribution < -0.4 is 11.1 Å². The highest BCUT2D eigenvalue weighted by Crippen LogP contribution is 2.33. The maximum atomic E-state index is 13.3. The van der Waals surface area contributed by atoms with E-state index in [1.54, 1.807) is 6.07 Å². The third kappa shape index (κ3) is 5.30. The standard InChI is InChI=1S/C19H19F3N6O2/c1-3-30-18(2,19(20,21)22)17(24)26-11-13-5-4-6-15(27-13)28-16(29)14-8-7-12(9-23)10-25-14/h4-8,10H,3,11H2,1-2H3,(H2,24,26)(H,27,28,29)/t18-/m1/s1. The third-order valence-electron chi connectivity index (χ3n) is 4.05. The first-order valence-electron chi connectivity index (χ1n) is 8.75. The largest absolute Gasteiger partial charge is 0.424 e. The molecule has 0 aromatic carbocycles. The Morgan fingerprint density at radius 1 is 1.33 bits per heavy atom. The number of alkyl halides is 3. The number of carbonyl (C=O) groups is 1. The summed E-state index contributed by atoms with van der Waals surface area (Å²) < 4.78 is 44.7. The minimum atomic E-state index is -4.74. The van der Waals surface area contributed by atoms with Gasteiger partial charge in [-0.3, -0.25) is 9.79 Å². The van der Waals surface area contributed by atoms with E-state index in [9.17, 15) is 18.0 Å². The van der Waals surface area contributed by atoms with Gasteiger partial charge in [-0.05, 0) is 38.1 Å². The van der Waals surface area contributed by atoms with Crippen LogP contribution in [0.15, 0.2) is 41.5 Å². The van der Waals surface area contributed by atoms with Crippen LogP contribution >= 0.6 is 0 Å².